The number of rotatable bonds is 1. The number of fused-ring (bicyclic) bond motifs is 1. The molecule has 1 aliphatic rings. The van der Waals surface area contributed by atoms with Crippen molar-refractivity contribution in [3.8, 4) is 0 Å². The van der Waals surface area contributed by atoms with Crippen molar-refractivity contribution in [2.75, 3.05) is 12.3 Å². The molecule has 0 fully saturated rings. The Bertz CT molecular complexity index is 664. The Labute approximate surface area is 119 Å². The van der Waals surface area contributed by atoms with Crippen molar-refractivity contribution in [2.24, 2.45) is 0 Å². The van der Waals surface area contributed by atoms with Gasteiger partial charge < -0.3 is 10.6 Å². The number of benzene rings is 2. The SMILES string of the molecule is Cc1cc(C(=O)N2CCc3ccccc3C2)ccc1N. The molecule has 1 amide bonds. The third-order valence-electron chi connectivity index (χ3n) is 3.93. The topological polar surface area (TPSA) is 46.3 Å². The van der Waals surface area contributed by atoms with E-state index in [2.05, 4.69) is 18.2 Å². The number of aryl methyl sites for hydroxylation is 1. The van der Waals surface area contributed by atoms with Gasteiger partial charge in [-0.1, -0.05) is 24.3 Å². The zero-order valence-electron chi connectivity index (χ0n) is 11.6. The standard InChI is InChI=1S/C17H18N2O/c1-12-10-14(6-7-16(12)18)17(20)19-9-8-13-4-2-3-5-15(13)11-19/h2-7,10H,8-9,11,18H2,1H3. The number of anilines is 1. The van der Waals surface area contributed by atoms with Crippen molar-refractivity contribution in [3.05, 3.63) is 64.7 Å². The second-order valence-electron chi connectivity index (χ2n) is 5.32. The van der Waals surface area contributed by atoms with Crippen LogP contribution in [0.1, 0.15) is 27.0 Å². The minimum atomic E-state index is 0.0857. The molecule has 0 atom stereocenters. The zero-order valence-corrected chi connectivity index (χ0v) is 11.6. The molecule has 3 rings (SSSR count). The third-order valence-corrected chi connectivity index (χ3v) is 3.93. The number of hydrogen-bond acceptors (Lipinski definition) is 2. The van der Waals surface area contributed by atoms with Crippen molar-refractivity contribution in [1.29, 1.82) is 0 Å². The van der Waals surface area contributed by atoms with Crippen LogP contribution in [0.4, 0.5) is 5.69 Å². The molecule has 0 spiro atoms. The Morgan fingerprint density at radius 1 is 1.15 bits per heavy atom. The molecule has 2 N–H and O–H groups in total. The minimum Gasteiger partial charge on any atom is -0.399 e. The van der Waals surface area contributed by atoms with Gasteiger partial charge in [0.05, 0.1) is 0 Å². The quantitative estimate of drug-likeness (QED) is 0.807. The van der Waals surface area contributed by atoms with Crippen molar-refractivity contribution < 1.29 is 4.79 Å². The molecule has 1 heterocycles. The molecule has 0 saturated carbocycles. The van der Waals surface area contributed by atoms with Gasteiger partial charge >= 0.3 is 0 Å². The van der Waals surface area contributed by atoms with E-state index < -0.39 is 0 Å². The van der Waals surface area contributed by atoms with Crippen LogP contribution in [0.15, 0.2) is 42.5 Å². The summed E-state index contributed by atoms with van der Waals surface area (Å²) in [6.45, 7) is 3.40. The van der Waals surface area contributed by atoms with Gasteiger partial charge in [-0.3, -0.25) is 4.79 Å². The normalized spacial score (nSPS) is 13.9. The number of nitrogen functional groups attached to an aromatic ring is 1. The van der Waals surface area contributed by atoms with Crippen LogP contribution in [0.3, 0.4) is 0 Å². The van der Waals surface area contributed by atoms with Crippen molar-refractivity contribution >= 4 is 11.6 Å². The molecule has 0 radical (unpaired) electrons. The number of carbonyl (C=O) groups is 1. The summed E-state index contributed by atoms with van der Waals surface area (Å²) in [7, 11) is 0. The fraction of sp³-hybridized carbons (Fsp3) is 0.235. The van der Waals surface area contributed by atoms with E-state index in [0.29, 0.717) is 6.54 Å². The number of carbonyl (C=O) groups excluding carboxylic acids is 1. The molecule has 0 unspecified atom stereocenters. The van der Waals surface area contributed by atoms with Crippen molar-refractivity contribution in [2.45, 2.75) is 19.9 Å². The third kappa shape index (κ3) is 2.27. The summed E-state index contributed by atoms with van der Waals surface area (Å²) in [6, 6.07) is 13.8. The number of nitrogens with zero attached hydrogens (tertiary/aromatic N) is 1. The monoisotopic (exact) mass is 266 g/mol. The smallest absolute Gasteiger partial charge is 0.254 e. The van der Waals surface area contributed by atoms with E-state index >= 15 is 0 Å². The fourth-order valence-electron chi connectivity index (χ4n) is 2.66. The molecule has 2 aromatic rings. The average molecular weight is 266 g/mol. The lowest BCUT2D eigenvalue weighted by Crippen LogP contribution is -2.35. The zero-order chi connectivity index (χ0) is 14.1. The summed E-state index contributed by atoms with van der Waals surface area (Å²) in [5.74, 6) is 0.0857. The van der Waals surface area contributed by atoms with Crippen LogP contribution in [0.25, 0.3) is 0 Å². The van der Waals surface area contributed by atoms with E-state index in [1.54, 1.807) is 6.07 Å². The van der Waals surface area contributed by atoms with Crippen molar-refractivity contribution in [1.82, 2.24) is 4.90 Å². The van der Waals surface area contributed by atoms with Crippen molar-refractivity contribution in [3.63, 3.8) is 0 Å². The number of amides is 1. The molecule has 2 aromatic carbocycles. The molecule has 20 heavy (non-hydrogen) atoms. The van der Waals surface area contributed by atoms with E-state index in [1.807, 2.05) is 30.0 Å². The van der Waals surface area contributed by atoms with Gasteiger partial charge in [0.2, 0.25) is 0 Å². The molecule has 0 bridgehead atoms. The first-order valence-electron chi connectivity index (χ1n) is 6.87. The van der Waals surface area contributed by atoms with E-state index in [1.165, 1.54) is 11.1 Å². The van der Waals surface area contributed by atoms with Gasteiger partial charge in [0, 0.05) is 24.3 Å². The van der Waals surface area contributed by atoms with E-state index in [4.69, 9.17) is 5.73 Å². The second-order valence-corrected chi connectivity index (χ2v) is 5.32. The molecule has 102 valence electrons. The number of hydrogen-bond donors (Lipinski definition) is 1. The van der Waals surface area contributed by atoms with Gasteiger partial charge in [-0.05, 0) is 48.2 Å². The Balaban J connectivity index is 1.84. The van der Waals surface area contributed by atoms with Crippen LogP contribution in [0.2, 0.25) is 0 Å². The van der Waals surface area contributed by atoms with Gasteiger partial charge in [-0.2, -0.15) is 0 Å². The van der Waals surface area contributed by atoms with Crippen LogP contribution in [-0.2, 0) is 13.0 Å². The largest absolute Gasteiger partial charge is 0.399 e. The molecule has 0 aliphatic carbocycles. The van der Waals surface area contributed by atoms with E-state index in [-0.39, 0.29) is 5.91 Å². The molecule has 3 heteroatoms. The highest BCUT2D eigenvalue weighted by Crippen LogP contribution is 2.21. The molecule has 0 saturated heterocycles. The van der Waals surface area contributed by atoms with Gasteiger partial charge in [0.25, 0.3) is 5.91 Å². The molecular formula is C17H18N2O. The van der Waals surface area contributed by atoms with Crippen LogP contribution in [0.5, 0.6) is 0 Å². The van der Waals surface area contributed by atoms with Gasteiger partial charge in [-0.15, -0.1) is 0 Å². The molecule has 3 nitrogen and oxygen atoms in total. The average Bonchev–Trinajstić information content (AvgIpc) is 2.49. The first-order chi connectivity index (χ1) is 9.65. The predicted octanol–water partition coefficient (Wildman–Crippen LogP) is 2.78. The lowest BCUT2D eigenvalue weighted by Gasteiger charge is -2.29. The maximum absolute atomic E-state index is 12.6. The maximum Gasteiger partial charge on any atom is 0.254 e. The highest BCUT2D eigenvalue weighted by molar-refractivity contribution is 5.95. The number of nitrogens with two attached hydrogens (primary N) is 1. The van der Waals surface area contributed by atoms with Crippen LogP contribution in [0, 0.1) is 6.92 Å². The fourth-order valence-corrected chi connectivity index (χ4v) is 2.66. The van der Waals surface area contributed by atoms with E-state index in [9.17, 15) is 4.79 Å². The predicted molar refractivity (Wildman–Crippen MR) is 80.5 cm³/mol. The summed E-state index contributed by atoms with van der Waals surface area (Å²) in [5.41, 5.74) is 10.8. The van der Waals surface area contributed by atoms with Crippen LogP contribution >= 0.6 is 0 Å². The first kappa shape index (κ1) is 12.7. The highest BCUT2D eigenvalue weighted by Gasteiger charge is 2.21. The highest BCUT2D eigenvalue weighted by atomic mass is 16.2. The Kier molecular flexibility index (Phi) is 3.18. The summed E-state index contributed by atoms with van der Waals surface area (Å²) in [6.07, 6.45) is 0.926. The lowest BCUT2D eigenvalue weighted by atomic mass is 9.99. The maximum atomic E-state index is 12.6. The summed E-state index contributed by atoms with van der Waals surface area (Å²) < 4.78 is 0. The Morgan fingerprint density at radius 2 is 1.90 bits per heavy atom. The first-order valence-corrected chi connectivity index (χ1v) is 6.87. The van der Waals surface area contributed by atoms with Gasteiger partial charge in [-0.25, -0.2) is 0 Å². The molecular weight excluding hydrogens is 248 g/mol. The second kappa shape index (κ2) is 5.00. The summed E-state index contributed by atoms with van der Waals surface area (Å²) in [5, 5.41) is 0. The van der Waals surface area contributed by atoms with Crippen LogP contribution < -0.4 is 5.73 Å². The van der Waals surface area contributed by atoms with E-state index in [0.717, 1.165) is 29.8 Å². The van der Waals surface area contributed by atoms with Gasteiger partial charge in [0.15, 0.2) is 0 Å². The van der Waals surface area contributed by atoms with Crippen LogP contribution in [-0.4, -0.2) is 17.4 Å². The van der Waals surface area contributed by atoms with Gasteiger partial charge in [0.1, 0.15) is 0 Å². The minimum absolute atomic E-state index is 0.0857. The Morgan fingerprint density at radius 3 is 2.65 bits per heavy atom. The Hall–Kier alpha value is -2.29. The lowest BCUT2D eigenvalue weighted by molar-refractivity contribution is 0.0734. The summed E-state index contributed by atoms with van der Waals surface area (Å²) >= 11 is 0. The molecule has 0 aromatic heterocycles. The molecule has 1 aliphatic heterocycles. The summed E-state index contributed by atoms with van der Waals surface area (Å²) in [4.78, 5) is 14.5.